The molecule has 0 radical (unpaired) electrons. The Bertz CT molecular complexity index is 2230. The molecule has 0 fully saturated rings. The van der Waals surface area contributed by atoms with E-state index in [9.17, 15) is 19.8 Å². The maximum atomic E-state index is 11.8. The van der Waals surface area contributed by atoms with Gasteiger partial charge >= 0.3 is 11.9 Å². The van der Waals surface area contributed by atoms with Crippen LogP contribution in [-0.4, -0.2) is 46.5 Å². The molecule has 2 aliphatic heterocycles. The minimum Gasteiger partial charge on any atom is -0.478 e. The molecule has 0 amide bonds. The zero-order valence-corrected chi connectivity index (χ0v) is 30.5. The number of benzene rings is 4. The highest BCUT2D eigenvalue weighted by molar-refractivity contribution is 6.04. The van der Waals surface area contributed by atoms with Crippen LogP contribution in [0.2, 0.25) is 0 Å². The van der Waals surface area contributed by atoms with Crippen molar-refractivity contribution in [3.05, 3.63) is 166 Å². The van der Waals surface area contributed by atoms with Crippen molar-refractivity contribution in [3.63, 3.8) is 0 Å². The van der Waals surface area contributed by atoms with Crippen molar-refractivity contribution in [2.45, 2.75) is 51.4 Å². The topological polar surface area (TPSA) is 84.1 Å². The molecule has 2 N–H and O–H groups in total. The Morgan fingerprint density at radius 1 is 0.731 bits per heavy atom. The molecular weight excluding hydrogens is 647 g/mol. The maximum Gasteiger partial charge on any atom is 0.335 e. The molecule has 0 atom stereocenters. The van der Waals surface area contributed by atoms with Gasteiger partial charge in [0, 0.05) is 52.9 Å². The number of hydrogen-bond donors (Lipinski definition) is 2. The summed E-state index contributed by atoms with van der Waals surface area (Å²) in [5, 5.41) is 19.4. The highest BCUT2D eigenvalue weighted by Gasteiger charge is 2.44. The van der Waals surface area contributed by atoms with E-state index in [-0.39, 0.29) is 11.1 Å². The molecule has 7 rings (SSSR count). The predicted octanol–water partition coefficient (Wildman–Crippen LogP) is 9.77. The normalized spacial score (nSPS) is 18.8. The first-order valence-electron chi connectivity index (χ1n) is 17.6. The van der Waals surface area contributed by atoms with Crippen molar-refractivity contribution < 1.29 is 24.4 Å². The van der Waals surface area contributed by atoms with E-state index in [0.717, 1.165) is 63.8 Å². The van der Waals surface area contributed by atoms with Crippen molar-refractivity contribution in [3.8, 4) is 0 Å². The third-order valence-corrected chi connectivity index (χ3v) is 11.0. The largest absolute Gasteiger partial charge is 0.478 e. The highest BCUT2D eigenvalue weighted by atomic mass is 16.4. The molecule has 262 valence electrons. The Hall–Kier alpha value is -5.95. The van der Waals surface area contributed by atoms with Crippen LogP contribution in [0.15, 0.2) is 144 Å². The summed E-state index contributed by atoms with van der Waals surface area (Å²) in [6.07, 6.45) is 10.6. The van der Waals surface area contributed by atoms with Crippen molar-refractivity contribution in [2.75, 3.05) is 23.9 Å². The van der Waals surface area contributed by atoms with Crippen molar-refractivity contribution in [1.29, 1.82) is 0 Å². The van der Waals surface area contributed by atoms with Crippen LogP contribution in [0.3, 0.4) is 0 Å². The Morgan fingerprint density at radius 2 is 1.31 bits per heavy atom. The number of carboxylic acids is 2. The van der Waals surface area contributed by atoms with Crippen LogP contribution in [-0.2, 0) is 10.8 Å². The maximum absolute atomic E-state index is 11.8. The molecular formula is C45H44N3O4+. The summed E-state index contributed by atoms with van der Waals surface area (Å²) in [5.41, 5.74) is 11.6. The summed E-state index contributed by atoms with van der Waals surface area (Å²) >= 11 is 0. The fraction of sp³-hybridized carbons (Fsp3) is 0.222. The van der Waals surface area contributed by atoms with Gasteiger partial charge in [0.1, 0.15) is 7.05 Å². The number of likely N-dealkylation sites (N-methyl/N-ethyl adjacent to an activating group) is 1. The van der Waals surface area contributed by atoms with Crippen LogP contribution >= 0.6 is 0 Å². The molecule has 2 heterocycles. The third kappa shape index (κ3) is 5.76. The van der Waals surface area contributed by atoms with Gasteiger partial charge in [0.05, 0.1) is 22.2 Å². The number of anilines is 3. The third-order valence-electron chi connectivity index (χ3n) is 11.0. The van der Waals surface area contributed by atoms with E-state index in [1.54, 1.807) is 24.3 Å². The number of carbonyl (C=O) groups is 2. The standard InChI is InChI=1S/C45H43N3O4/c1-44(2)35-27-31(42(49)50)19-23-37(35)46(5)39(44)25-21-29-17-18-30(41(29)48(33-13-9-7-10-14-33)34-15-11-8-12-16-34)22-26-40-45(3,4)36-28-32(43(51)52)20-24-38(36)47(40)6/h7-16,19-28H,17-18H2,1-6H3,(H-,49,50,51,52)/p+1. The molecule has 7 nitrogen and oxygen atoms in total. The van der Waals surface area contributed by atoms with Crippen LogP contribution in [0.1, 0.15) is 72.4 Å². The van der Waals surface area contributed by atoms with Crippen molar-refractivity contribution in [1.82, 2.24) is 0 Å². The number of rotatable bonds is 8. The zero-order chi connectivity index (χ0) is 36.9. The zero-order valence-electron chi connectivity index (χ0n) is 30.5. The summed E-state index contributed by atoms with van der Waals surface area (Å²) in [4.78, 5) is 28.2. The number of carboxylic acid groups (broad SMARTS) is 2. The van der Waals surface area contributed by atoms with E-state index in [4.69, 9.17) is 0 Å². The number of fused-ring (bicyclic) bond motifs is 2. The predicted molar refractivity (Wildman–Crippen MR) is 209 cm³/mol. The van der Waals surface area contributed by atoms with Crippen LogP contribution in [0.4, 0.5) is 22.7 Å². The summed E-state index contributed by atoms with van der Waals surface area (Å²) < 4.78 is 2.17. The number of nitrogens with zero attached hydrogens (tertiary/aromatic N) is 3. The first-order valence-corrected chi connectivity index (χ1v) is 17.6. The number of hydrogen-bond acceptors (Lipinski definition) is 4. The van der Waals surface area contributed by atoms with Crippen LogP contribution in [0.25, 0.3) is 0 Å². The summed E-state index contributed by atoms with van der Waals surface area (Å²) in [5.74, 6) is -1.86. The molecule has 1 aliphatic carbocycles. The van der Waals surface area contributed by atoms with E-state index >= 15 is 0 Å². The van der Waals surface area contributed by atoms with Crippen LogP contribution < -0.4 is 9.80 Å². The molecule has 0 bridgehead atoms. The Kier molecular flexibility index (Phi) is 8.61. The van der Waals surface area contributed by atoms with Gasteiger partial charge in [0.25, 0.3) is 0 Å². The molecule has 0 saturated heterocycles. The van der Waals surface area contributed by atoms with Gasteiger partial charge in [-0.3, -0.25) is 0 Å². The van der Waals surface area contributed by atoms with Gasteiger partial charge in [-0.1, -0.05) is 62.4 Å². The second-order valence-corrected chi connectivity index (χ2v) is 14.8. The summed E-state index contributed by atoms with van der Waals surface area (Å²) in [7, 11) is 4.10. The average Bonchev–Trinajstić information content (AvgIpc) is 3.68. The SMILES string of the molecule is CN1/C(=C/C=C2\CCC(/C=C/C3=[N+](C)c4ccc(C(=O)O)cc4C3(C)C)=C2N(c2ccccc2)c2ccccc2)C(C)(C)c2cc(C(=O)O)ccc21. The minimum atomic E-state index is -0.928. The lowest BCUT2D eigenvalue weighted by molar-refractivity contribution is -0.401. The summed E-state index contributed by atoms with van der Waals surface area (Å²) in [6, 6.07) is 31.6. The number of para-hydroxylation sites is 2. The monoisotopic (exact) mass is 690 g/mol. The highest BCUT2D eigenvalue weighted by Crippen LogP contribution is 2.48. The van der Waals surface area contributed by atoms with E-state index in [1.165, 1.54) is 11.1 Å². The molecule has 0 unspecified atom stereocenters. The van der Waals surface area contributed by atoms with Gasteiger partial charge in [0.2, 0.25) is 5.69 Å². The van der Waals surface area contributed by atoms with Crippen LogP contribution in [0.5, 0.6) is 0 Å². The average molecular weight is 691 g/mol. The van der Waals surface area contributed by atoms with Gasteiger partial charge in [-0.05, 0) is 104 Å². The van der Waals surface area contributed by atoms with Gasteiger partial charge < -0.3 is 20.0 Å². The smallest absolute Gasteiger partial charge is 0.335 e. The van der Waals surface area contributed by atoms with Gasteiger partial charge in [-0.25, -0.2) is 9.59 Å². The second-order valence-electron chi connectivity index (χ2n) is 14.8. The van der Waals surface area contributed by atoms with E-state index in [0.29, 0.717) is 0 Å². The molecule has 7 heteroatoms. The van der Waals surface area contributed by atoms with Gasteiger partial charge in [0.15, 0.2) is 5.71 Å². The first-order chi connectivity index (χ1) is 24.8. The minimum absolute atomic E-state index is 0.290. The lowest BCUT2D eigenvalue weighted by Crippen LogP contribution is -2.27. The van der Waals surface area contributed by atoms with Crippen LogP contribution in [0, 0.1) is 0 Å². The van der Waals surface area contributed by atoms with Crippen molar-refractivity contribution in [2.24, 2.45) is 0 Å². The Morgan fingerprint density at radius 3 is 1.90 bits per heavy atom. The van der Waals surface area contributed by atoms with Crippen molar-refractivity contribution >= 4 is 40.4 Å². The first kappa shape index (κ1) is 34.5. The molecule has 3 aliphatic rings. The fourth-order valence-electron chi connectivity index (χ4n) is 8.18. The molecule has 52 heavy (non-hydrogen) atoms. The Labute approximate surface area is 305 Å². The fourth-order valence-corrected chi connectivity index (χ4v) is 8.18. The molecule has 0 saturated carbocycles. The number of aromatic carboxylic acids is 2. The van der Waals surface area contributed by atoms with Gasteiger partial charge in [-0.2, -0.15) is 4.58 Å². The van der Waals surface area contributed by atoms with E-state index < -0.39 is 22.8 Å². The molecule has 0 aromatic heterocycles. The summed E-state index contributed by atoms with van der Waals surface area (Å²) in [6.45, 7) is 8.61. The molecule has 0 spiro atoms. The molecule has 4 aromatic rings. The Balaban J connectivity index is 1.36. The lowest BCUT2D eigenvalue weighted by atomic mass is 9.80. The van der Waals surface area contributed by atoms with E-state index in [2.05, 4.69) is 115 Å². The van der Waals surface area contributed by atoms with E-state index in [1.807, 2.05) is 38.4 Å². The quantitative estimate of drug-likeness (QED) is 0.179. The molecule has 4 aromatic carbocycles. The lowest BCUT2D eigenvalue weighted by Gasteiger charge is -2.29. The number of allylic oxidation sites excluding steroid dienone is 7. The second kappa shape index (κ2) is 13.0. The van der Waals surface area contributed by atoms with Gasteiger partial charge in [-0.15, -0.1) is 0 Å².